The molecule has 0 bridgehead atoms. The number of carbonyl (C=O) groups excluding carboxylic acids is 1. The number of carbonyl (C=O) groups is 1. The maximum absolute atomic E-state index is 12.7. The standard InChI is InChI=1S/C10H8FN3OS/c11-6-3-1-5(2-4-6)8-7(12)9(10(13)15)16-14-8/h1-4H,12H2,(H2,13,15). The third kappa shape index (κ3) is 1.74. The van der Waals surface area contributed by atoms with Gasteiger partial charge in [-0.25, -0.2) is 4.39 Å². The van der Waals surface area contributed by atoms with E-state index in [4.69, 9.17) is 11.5 Å². The molecule has 4 N–H and O–H groups in total. The van der Waals surface area contributed by atoms with E-state index in [1.54, 1.807) is 12.1 Å². The van der Waals surface area contributed by atoms with Crippen LogP contribution in [-0.2, 0) is 0 Å². The van der Waals surface area contributed by atoms with Gasteiger partial charge in [0, 0.05) is 5.56 Å². The predicted octanol–water partition coefficient (Wildman–Crippen LogP) is 1.63. The van der Waals surface area contributed by atoms with Gasteiger partial charge in [0.15, 0.2) is 0 Å². The van der Waals surface area contributed by atoms with E-state index in [9.17, 15) is 9.18 Å². The van der Waals surface area contributed by atoms with E-state index in [1.807, 2.05) is 0 Å². The van der Waals surface area contributed by atoms with E-state index in [1.165, 1.54) is 12.1 Å². The summed E-state index contributed by atoms with van der Waals surface area (Å²) < 4.78 is 16.7. The second kappa shape index (κ2) is 3.90. The van der Waals surface area contributed by atoms with Crippen LogP contribution in [0.15, 0.2) is 24.3 Å². The fourth-order valence-electron chi connectivity index (χ4n) is 1.29. The van der Waals surface area contributed by atoms with E-state index in [0.717, 1.165) is 11.5 Å². The van der Waals surface area contributed by atoms with Crippen molar-refractivity contribution in [2.24, 2.45) is 5.73 Å². The fraction of sp³-hybridized carbons (Fsp3) is 0. The van der Waals surface area contributed by atoms with Gasteiger partial charge in [-0.15, -0.1) is 0 Å². The average Bonchev–Trinajstić information content (AvgIpc) is 2.61. The van der Waals surface area contributed by atoms with Gasteiger partial charge in [-0.3, -0.25) is 4.79 Å². The van der Waals surface area contributed by atoms with Crippen LogP contribution in [0.4, 0.5) is 10.1 Å². The summed E-state index contributed by atoms with van der Waals surface area (Å²) in [5.74, 6) is -0.948. The Kier molecular flexibility index (Phi) is 2.57. The molecule has 0 unspecified atom stereocenters. The maximum atomic E-state index is 12.7. The monoisotopic (exact) mass is 237 g/mol. The molecule has 0 saturated carbocycles. The zero-order chi connectivity index (χ0) is 11.7. The number of primary amides is 1. The molecule has 1 amide bonds. The Balaban J connectivity index is 2.49. The number of nitrogen functional groups attached to an aromatic ring is 1. The number of nitrogens with zero attached hydrogens (tertiary/aromatic N) is 1. The Morgan fingerprint density at radius 1 is 1.31 bits per heavy atom. The summed E-state index contributed by atoms with van der Waals surface area (Å²) in [6.07, 6.45) is 0. The number of halogens is 1. The SMILES string of the molecule is NC(=O)c1snc(-c2ccc(F)cc2)c1N. The lowest BCUT2D eigenvalue weighted by atomic mass is 10.1. The molecule has 1 aromatic carbocycles. The van der Waals surface area contributed by atoms with Crippen LogP contribution in [0.2, 0.25) is 0 Å². The van der Waals surface area contributed by atoms with Gasteiger partial charge < -0.3 is 11.5 Å². The summed E-state index contributed by atoms with van der Waals surface area (Å²) in [4.78, 5) is 11.2. The molecular weight excluding hydrogens is 229 g/mol. The largest absolute Gasteiger partial charge is 0.396 e. The topological polar surface area (TPSA) is 82.0 Å². The minimum atomic E-state index is -0.608. The summed E-state index contributed by atoms with van der Waals surface area (Å²) in [6.45, 7) is 0. The number of aromatic nitrogens is 1. The Morgan fingerprint density at radius 2 is 1.94 bits per heavy atom. The van der Waals surface area contributed by atoms with Gasteiger partial charge in [0.05, 0.1) is 5.69 Å². The van der Waals surface area contributed by atoms with Crippen LogP contribution in [-0.4, -0.2) is 10.3 Å². The Hall–Kier alpha value is -1.95. The second-order valence-corrected chi connectivity index (χ2v) is 3.92. The first kappa shape index (κ1) is 10.6. The van der Waals surface area contributed by atoms with Crippen molar-refractivity contribution in [3.8, 4) is 11.3 Å². The van der Waals surface area contributed by atoms with Crippen molar-refractivity contribution in [3.63, 3.8) is 0 Å². The third-order valence-corrected chi connectivity index (χ3v) is 2.95. The van der Waals surface area contributed by atoms with Crippen LogP contribution in [0.5, 0.6) is 0 Å². The van der Waals surface area contributed by atoms with Gasteiger partial charge in [0.1, 0.15) is 16.4 Å². The number of anilines is 1. The summed E-state index contributed by atoms with van der Waals surface area (Å²) in [6, 6.07) is 5.70. The maximum Gasteiger partial charge on any atom is 0.262 e. The molecule has 6 heteroatoms. The molecule has 2 rings (SSSR count). The van der Waals surface area contributed by atoms with Crippen molar-refractivity contribution in [3.05, 3.63) is 35.0 Å². The number of rotatable bonds is 2. The van der Waals surface area contributed by atoms with Gasteiger partial charge in [0.25, 0.3) is 5.91 Å². The lowest BCUT2D eigenvalue weighted by molar-refractivity contribution is 0.100. The molecule has 0 spiro atoms. The number of hydrogen-bond donors (Lipinski definition) is 2. The number of hydrogen-bond acceptors (Lipinski definition) is 4. The smallest absolute Gasteiger partial charge is 0.262 e. The van der Waals surface area contributed by atoms with Crippen molar-refractivity contribution in [2.75, 3.05) is 5.73 Å². The van der Waals surface area contributed by atoms with Gasteiger partial charge in [-0.1, -0.05) is 0 Å². The molecule has 4 nitrogen and oxygen atoms in total. The highest BCUT2D eigenvalue weighted by molar-refractivity contribution is 7.09. The summed E-state index contributed by atoms with van der Waals surface area (Å²) in [5, 5.41) is 0. The van der Waals surface area contributed by atoms with Gasteiger partial charge in [0.2, 0.25) is 0 Å². The average molecular weight is 237 g/mol. The molecule has 0 aliphatic carbocycles. The van der Waals surface area contributed by atoms with E-state index < -0.39 is 5.91 Å². The van der Waals surface area contributed by atoms with Crippen LogP contribution in [0.3, 0.4) is 0 Å². The van der Waals surface area contributed by atoms with Crippen LogP contribution >= 0.6 is 11.5 Å². The zero-order valence-electron chi connectivity index (χ0n) is 8.11. The van der Waals surface area contributed by atoms with E-state index in [2.05, 4.69) is 4.37 Å². The van der Waals surface area contributed by atoms with Gasteiger partial charge in [-0.05, 0) is 35.8 Å². The first-order chi connectivity index (χ1) is 7.59. The minimum absolute atomic E-state index is 0.222. The normalized spacial score (nSPS) is 10.3. The lowest BCUT2D eigenvalue weighted by Gasteiger charge is -1.98. The summed E-state index contributed by atoms with van der Waals surface area (Å²) in [7, 11) is 0. The highest BCUT2D eigenvalue weighted by Gasteiger charge is 2.15. The van der Waals surface area contributed by atoms with Crippen molar-refractivity contribution >= 4 is 23.1 Å². The second-order valence-electron chi connectivity index (χ2n) is 3.15. The third-order valence-electron chi connectivity index (χ3n) is 2.07. The molecule has 1 aromatic heterocycles. The molecule has 0 fully saturated rings. The van der Waals surface area contributed by atoms with E-state index in [0.29, 0.717) is 11.3 Å². The van der Waals surface area contributed by atoms with Crippen molar-refractivity contribution in [1.82, 2.24) is 4.37 Å². The molecule has 0 radical (unpaired) electrons. The molecule has 0 aliphatic rings. The van der Waals surface area contributed by atoms with Crippen molar-refractivity contribution < 1.29 is 9.18 Å². The number of amides is 1. The van der Waals surface area contributed by atoms with Crippen molar-refractivity contribution in [1.29, 1.82) is 0 Å². The molecule has 0 aliphatic heterocycles. The van der Waals surface area contributed by atoms with Crippen LogP contribution in [0.1, 0.15) is 9.67 Å². The highest BCUT2D eigenvalue weighted by Crippen LogP contribution is 2.30. The molecule has 16 heavy (non-hydrogen) atoms. The molecule has 2 aromatic rings. The number of nitrogens with two attached hydrogens (primary N) is 2. The van der Waals surface area contributed by atoms with Gasteiger partial charge in [-0.2, -0.15) is 4.37 Å². The van der Waals surface area contributed by atoms with E-state index in [-0.39, 0.29) is 16.4 Å². The Labute approximate surface area is 94.9 Å². The highest BCUT2D eigenvalue weighted by atomic mass is 32.1. The number of benzene rings is 1. The lowest BCUT2D eigenvalue weighted by Crippen LogP contribution is -2.10. The van der Waals surface area contributed by atoms with Crippen LogP contribution in [0, 0.1) is 5.82 Å². The first-order valence-electron chi connectivity index (χ1n) is 4.40. The Bertz CT molecular complexity index is 535. The molecule has 0 saturated heterocycles. The van der Waals surface area contributed by atoms with E-state index >= 15 is 0 Å². The van der Waals surface area contributed by atoms with Crippen LogP contribution < -0.4 is 11.5 Å². The van der Waals surface area contributed by atoms with Crippen LogP contribution in [0.25, 0.3) is 11.3 Å². The zero-order valence-corrected chi connectivity index (χ0v) is 8.92. The van der Waals surface area contributed by atoms with Gasteiger partial charge >= 0.3 is 0 Å². The predicted molar refractivity (Wildman–Crippen MR) is 60.4 cm³/mol. The first-order valence-corrected chi connectivity index (χ1v) is 5.18. The molecular formula is C10H8FN3OS. The summed E-state index contributed by atoms with van der Waals surface area (Å²) in [5.41, 5.74) is 12.2. The quantitative estimate of drug-likeness (QED) is 0.832. The molecule has 82 valence electrons. The minimum Gasteiger partial charge on any atom is -0.396 e. The molecule has 1 heterocycles. The van der Waals surface area contributed by atoms with Crippen molar-refractivity contribution in [2.45, 2.75) is 0 Å². The Morgan fingerprint density at radius 3 is 2.44 bits per heavy atom. The fourth-order valence-corrected chi connectivity index (χ4v) is 1.96. The molecule has 0 atom stereocenters. The summed E-state index contributed by atoms with van der Waals surface area (Å²) >= 11 is 0.940.